The van der Waals surface area contributed by atoms with Gasteiger partial charge in [-0.05, 0) is 24.6 Å². The molecule has 0 unspecified atom stereocenters. The van der Waals surface area contributed by atoms with Gasteiger partial charge in [0.1, 0.15) is 5.82 Å². The topological polar surface area (TPSA) is 17.8 Å². The minimum Gasteiger partial charge on any atom is -0.275 e. The molecular weight excluding hydrogens is 203 g/mol. The van der Waals surface area contributed by atoms with E-state index in [1.54, 1.807) is 23.9 Å². The third kappa shape index (κ3) is 2.29. The number of halogens is 1. The average molecular weight is 214 g/mol. The van der Waals surface area contributed by atoms with Gasteiger partial charge in [0.05, 0.1) is 11.8 Å². The van der Waals surface area contributed by atoms with E-state index in [9.17, 15) is 4.39 Å². The van der Waals surface area contributed by atoms with Crippen LogP contribution in [-0.2, 0) is 7.05 Å². The fourth-order valence-corrected chi connectivity index (χ4v) is 1.30. The molecule has 0 aliphatic heterocycles. The zero-order valence-corrected chi connectivity index (χ0v) is 9.16. The van der Waals surface area contributed by atoms with Crippen LogP contribution in [0.3, 0.4) is 0 Å². The smallest absolute Gasteiger partial charge is 0.127 e. The molecule has 0 saturated carbocycles. The summed E-state index contributed by atoms with van der Waals surface area (Å²) in [6.07, 6.45) is 3.50. The first-order valence-corrected chi connectivity index (χ1v) is 4.92. The van der Waals surface area contributed by atoms with Crippen molar-refractivity contribution in [3.63, 3.8) is 0 Å². The summed E-state index contributed by atoms with van der Waals surface area (Å²) in [6, 6.07) is 4.98. The van der Waals surface area contributed by atoms with E-state index in [0.717, 1.165) is 5.56 Å². The Morgan fingerprint density at radius 1 is 1.25 bits per heavy atom. The van der Waals surface area contributed by atoms with Crippen molar-refractivity contribution < 1.29 is 4.39 Å². The second kappa shape index (κ2) is 4.19. The Morgan fingerprint density at radius 3 is 2.62 bits per heavy atom. The van der Waals surface area contributed by atoms with Crippen LogP contribution < -0.4 is 0 Å². The van der Waals surface area contributed by atoms with Crippen LogP contribution in [0.25, 0.3) is 0 Å². The van der Waals surface area contributed by atoms with Crippen LogP contribution in [0.2, 0.25) is 0 Å². The van der Waals surface area contributed by atoms with E-state index in [1.165, 1.54) is 6.07 Å². The second-order valence-electron chi connectivity index (χ2n) is 3.62. The first-order valence-electron chi connectivity index (χ1n) is 4.92. The highest BCUT2D eigenvalue weighted by Gasteiger charge is 1.96. The van der Waals surface area contributed by atoms with E-state index < -0.39 is 0 Å². The number of aromatic nitrogens is 2. The summed E-state index contributed by atoms with van der Waals surface area (Å²) in [5.41, 5.74) is 2.13. The Kier molecular flexibility index (Phi) is 2.74. The Balaban J connectivity index is 2.27. The number of hydrogen-bond acceptors (Lipinski definition) is 1. The first kappa shape index (κ1) is 10.4. The monoisotopic (exact) mass is 214 g/mol. The van der Waals surface area contributed by atoms with Crippen LogP contribution >= 0.6 is 0 Å². The fraction of sp³-hybridized carbons (Fsp3) is 0.154. The molecule has 1 heterocycles. The van der Waals surface area contributed by atoms with Crippen molar-refractivity contribution in [2.45, 2.75) is 6.92 Å². The summed E-state index contributed by atoms with van der Waals surface area (Å²) in [4.78, 5) is 0. The molecule has 0 N–H and O–H groups in total. The lowest BCUT2D eigenvalue weighted by atomic mass is 10.1. The van der Waals surface area contributed by atoms with E-state index in [2.05, 4.69) is 16.9 Å². The number of aryl methyl sites for hydroxylation is 2. The van der Waals surface area contributed by atoms with Crippen LogP contribution in [0.1, 0.15) is 16.7 Å². The van der Waals surface area contributed by atoms with Crippen molar-refractivity contribution in [1.82, 2.24) is 9.78 Å². The normalized spacial score (nSPS) is 9.69. The van der Waals surface area contributed by atoms with Gasteiger partial charge in [-0.2, -0.15) is 5.10 Å². The van der Waals surface area contributed by atoms with Gasteiger partial charge in [-0.1, -0.05) is 17.9 Å². The second-order valence-corrected chi connectivity index (χ2v) is 3.62. The van der Waals surface area contributed by atoms with E-state index >= 15 is 0 Å². The summed E-state index contributed by atoms with van der Waals surface area (Å²) in [6.45, 7) is 1.73. The van der Waals surface area contributed by atoms with Crippen LogP contribution in [0, 0.1) is 24.6 Å². The van der Waals surface area contributed by atoms with Crippen LogP contribution in [0.15, 0.2) is 30.6 Å². The van der Waals surface area contributed by atoms with Gasteiger partial charge in [0.15, 0.2) is 0 Å². The molecule has 0 saturated heterocycles. The summed E-state index contributed by atoms with van der Waals surface area (Å²) in [7, 11) is 1.83. The molecule has 0 bridgehead atoms. The molecule has 0 spiro atoms. The van der Waals surface area contributed by atoms with Gasteiger partial charge in [-0.3, -0.25) is 4.68 Å². The van der Waals surface area contributed by atoms with E-state index in [4.69, 9.17) is 0 Å². The zero-order chi connectivity index (χ0) is 11.5. The van der Waals surface area contributed by atoms with Crippen LogP contribution in [-0.4, -0.2) is 9.78 Å². The number of nitrogens with zero attached hydrogens (tertiary/aromatic N) is 2. The Labute approximate surface area is 93.7 Å². The molecule has 2 nitrogen and oxygen atoms in total. The minimum atomic E-state index is -0.224. The molecule has 80 valence electrons. The van der Waals surface area contributed by atoms with Gasteiger partial charge in [0.25, 0.3) is 0 Å². The molecule has 1 aromatic heterocycles. The molecule has 0 radical (unpaired) electrons. The van der Waals surface area contributed by atoms with Gasteiger partial charge in [0, 0.05) is 18.8 Å². The highest BCUT2D eigenvalue weighted by molar-refractivity contribution is 5.42. The van der Waals surface area contributed by atoms with E-state index in [0.29, 0.717) is 11.1 Å². The molecule has 2 aromatic rings. The molecule has 0 fully saturated rings. The van der Waals surface area contributed by atoms with Crippen molar-refractivity contribution in [2.24, 2.45) is 7.05 Å². The third-order valence-corrected chi connectivity index (χ3v) is 2.23. The fourth-order valence-electron chi connectivity index (χ4n) is 1.30. The third-order valence-electron chi connectivity index (χ3n) is 2.23. The minimum absolute atomic E-state index is 0.224. The van der Waals surface area contributed by atoms with Crippen molar-refractivity contribution >= 4 is 0 Å². The lowest BCUT2D eigenvalue weighted by molar-refractivity contribution is 0.618. The SMILES string of the molecule is Cc1ccc(C#Cc2cnn(C)c2)cc1F. The maximum Gasteiger partial charge on any atom is 0.127 e. The Hall–Kier alpha value is -2.08. The summed E-state index contributed by atoms with van der Waals surface area (Å²) in [5, 5.41) is 4.00. The Bertz CT molecular complexity index is 573. The van der Waals surface area contributed by atoms with Crippen molar-refractivity contribution in [2.75, 3.05) is 0 Å². The molecule has 1 aromatic carbocycles. The highest BCUT2D eigenvalue weighted by atomic mass is 19.1. The number of benzene rings is 1. The van der Waals surface area contributed by atoms with Gasteiger partial charge in [-0.25, -0.2) is 4.39 Å². The quantitative estimate of drug-likeness (QED) is 0.615. The molecular formula is C13H11FN2. The maximum atomic E-state index is 13.2. The van der Waals surface area contributed by atoms with E-state index in [1.807, 2.05) is 19.3 Å². The zero-order valence-electron chi connectivity index (χ0n) is 9.16. The molecule has 16 heavy (non-hydrogen) atoms. The number of rotatable bonds is 0. The highest BCUT2D eigenvalue weighted by Crippen LogP contribution is 2.08. The van der Waals surface area contributed by atoms with Gasteiger partial charge in [-0.15, -0.1) is 0 Å². The predicted octanol–water partition coefficient (Wildman–Crippen LogP) is 2.27. The Morgan fingerprint density at radius 2 is 2.00 bits per heavy atom. The largest absolute Gasteiger partial charge is 0.275 e. The molecule has 3 heteroatoms. The summed E-state index contributed by atoms with van der Waals surface area (Å²) >= 11 is 0. The van der Waals surface area contributed by atoms with Gasteiger partial charge in [0.2, 0.25) is 0 Å². The summed E-state index contributed by atoms with van der Waals surface area (Å²) < 4.78 is 14.9. The van der Waals surface area contributed by atoms with Crippen molar-refractivity contribution in [1.29, 1.82) is 0 Å². The van der Waals surface area contributed by atoms with Crippen LogP contribution in [0.4, 0.5) is 4.39 Å². The number of hydrogen-bond donors (Lipinski definition) is 0. The molecule has 0 amide bonds. The van der Waals surface area contributed by atoms with E-state index in [-0.39, 0.29) is 5.82 Å². The van der Waals surface area contributed by atoms with Gasteiger partial charge >= 0.3 is 0 Å². The van der Waals surface area contributed by atoms with Gasteiger partial charge < -0.3 is 0 Å². The summed E-state index contributed by atoms with van der Waals surface area (Å²) in [5.74, 6) is 5.60. The molecule has 0 atom stereocenters. The molecule has 0 aliphatic carbocycles. The standard InChI is InChI=1S/C13H11FN2/c1-10-3-4-11(7-13(10)14)5-6-12-8-15-16(2)9-12/h3-4,7-9H,1-2H3. The molecule has 2 rings (SSSR count). The lowest BCUT2D eigenvalue weighted by Crippen LogP contribution is -1.84. The van der Waals surface area contributed by atoms with Crippen molar-refractivity contribution in [3.05, 3.63) is 53.1 Å². The molecule has 0 aliphatic rings. The van der Waals surface area contributed by atoms with Crippen molar-refractivity contribution in [3.8, 4) is 11.8 Å². The maximum absolute atomic E-state index is 13.2. The average Bonchev–Trinajstić information content (AvgIpc) is 2.66. The van der Waals surface area contributed by atoms with Crippen LogP contribution in [0.5, 0.6) is 0 Å². The predicted molar refractivity (Wildman–Crippen MR) is 60.3 cm³/mol. The lowest BCUT2D eigenvalue weighted by Gasteiger charge is -1.95. The first-order chi connectivity index (χ1) is 7.65.